The number of thiazole rings is 1. The third kappa shape index (κ3) is 3.91. The third-order valence-corrected chi connectivity index (χ3v) is 6.54. The van der Waals surface area contributed by atoms with E-state index in [1.807, 2.05) is 24.3 Å². The largest absolute Gasteiger partial charge is 0.379 e. The Morgan fingerprint density at radius 2 is 1.96 bits per heavy atom. The van der Waals surface area contributed by atoms with Crippen LogP contribution in [0.2, 0.25) is 0 Å². The van der Waals surface area contributed by atoms with Gasteiger partial charge in [0.1, 0.15) is 11.0 Å². The minimum absolute atomic E-state index is 0.296. The second-order valence-corrected chi connectivity index (χ2v) is 8.28. The summed E-state index contributed by atoms with van der Waals surface area (Å²) >= 11 is 1.58. The molecular weight excluding hydrogens is 348 g/mol. The second-order valence-electron chi connectivity index (χ2n) is 7.22. The van der Waals surface area contributed by atoms with Gasteiger partial charge in [-0.2, -0.15) is 0 Å². The number of benzene rings is 1. The monoisotopic (exact) mass is 374 g/mol. The van der Waals surface area contributed by atoms with Crippen molar-refractivity contribution in [3.8, 4) is 0 Å². The fourth-order valence-electron chi connectivity index (χ4n) is 4.01. The van der Waals surface area contributed by atoms with Crippen molar-refractivity contribution >= 4 is 27.5 Å². The lowest BCUT2D eigenvalue weighted by Crippen LogP contribution is -2.45. The van der Waals surface area contributed by atoms with Crippen LogP contribution in [0.25, 0.3) is 10.2 Å². The molecule has 1 amide bonds. The van der Waals surface area contributed by atoms with E-state index in [0.29, 0.717) is 5.92 Å². The van der Waals surface area contributed by atoms with E-state index in [1.54, 1.807) is 11.3 Å². The second kappa shape index (κ2) is 8.00. The van der Waals surface area contributed by atoms with Gasteiger partial charge in [0.25, 0.3) is 0 Å². The van der Waals surface area contributed by atoms with Crippen molar-refractivity contribution < 1.29 is 9.53 Å². The number of hydrogen-bond acceptors (Lipinski definition) is 6. The molecule has 1 unspecified atom stereocenters. The molecule has 0 spiro atoms. The summed E-state index contributed by atoms with van der Waals surface area (Å²) in [6, 6.07) is 7.60. The van der Waals surface area contributed by atoms with Gasteiger partial charge in [0.05, 0.1) is 23.4 Å². The number of carbonyl (C=O) groups is 1. The lowest BCUT2D eigenvalue weighted by molar-refractivity contribution is -0.124. The van der Waals surface area contributed by atoms with Gasteiger partial charge in [-0.1, -0.05) is 12.1 Å². The number of aromatic nitrogens is 1. The highest BCUT2D eigenvalue weighted by atomic mass is 32.1. The molecule has 2 aliphatic rings. The minimum atomic E-state index is -0.406. The number of hydrogen-bond donors (Lipinski definition) is 1. The molecule has 140 valence electrons. The van der Waals surface area contributed by atoms with Crippen molar-refractivity contribution in [2.75, 3.05) is 45.9 Å². The van der Waals surface area contributed by atoms with Crippen LogP contribution in [-0.2, 0) is 9.53 Å². The van der Waals surface area contributed by atoms with Crippen LogP contribution in [0.5, 0.6) is 0 Å². The number of fused-ring (bicyclic) bond motifs is 1. The van der Waals surface area contributed by atoms with Crippen molar-refractivity contribution in [1.29, 1.82) is 0 Å². The van der Waals surface area contributed by atoms with Gasteiger partial charge in [-0.05, 0) is 44.0 Å². The quantitative estimate of drug-likeness (QED) is 0.865. The number of nitrogens with zero attached hydrogens (tertiary/aromatic N) is 3. The zero-order chi connectivity index (χ0) is 17.9. The lowest BCUT2D eigenvalue weighted by atomic mass is 9.95. The number of para-hydroxylation sites is 1. The predicted molar refractivity (Wildman–Crippen MR) is 103 cm³/mol. The molecule has 0 bridgehead atoms. The third-order valence-electron chi connectivity index (χ3n) is 5.45. The Labute approximate surface area is 157 Å². The molecule has 2 fully saturated rings. The van der Waals surface area contributed by atoms with Crippen LogP contribution in [0.3, 0.4) is 0 Å². The maximum absolute atomic E-state index is 12.2. The maximum Gasteiger partial charge on any atom is 0.241 e. The zero-order valence-electron chi connectivity index (χ0n) is 15.0. The van der Waals surface area contributed by atoms with Gasteiger partial charge in [0.15, 0.2) is 0 Å². The van der Waals surface area contributed by atoms with E-state index in [-0.39, 0.29) is 5.91 Å². The van der Waals surface area contributed by atoms with E-state index >= 15 is 0 Å². The average Bonchev–Trinajstić information content (AvgIpc) is 3.07. The molecule has 0 aliphatic carbocycles. The first kappa shape index (κ1) is 17.9. The van der Waals surface area contributed by atoms with E-state index in [9.17, 15) is 4.79 Å². The summed E-state index contributed by atoms with van der Waals surface area (Å²) in [7, 11) is 0. The minimum Gasteiger partial charge on any atom is -0.379 e. The van der Waals surface area contributed by atoms with E-state index in [2.05, 4.69) is 14.8 Å². The molecule has 2 aliphatic heterocycles. The zero-order valence-corrected chi connectivity index (χ0v) is 15.8. The van der Waals surface area contributed by atoms with E-state index in [1.165, 1.54) is 0 Å². The van der Waals surface area contributed by atoms with Crippen LogP contribution in [0, 0.1) is 5.92 Å². The number of rotatable bonds is 5. The maximum atomic E-state index is 12.2. The van der Waals surface area contributed by atoms with Crippen LogP contribution in [0.15, 0.2) is 24.3 Å². The topological polar surface area (TPSA) is 71.7 Å². The van der Waals surface area contributed by atoms with Gasteiger partial charge >= 0.3 is 0 Å². The van der Waals surface area contributed by atoms with Crippen molar-refractivity contribution in [3.05, 3.63) is 29.3 Å². The van der Waals surface area contributed by atoms with Gasteiger partial charge in [-0.15, -0.1) is 11.3 Å². The van der Waals surface area contributed by atoms with E-state index in [4.69, 9.17) is 10.5 Å². The Bertz CT molecular complexity index is 718. The summed E-state index contributed by atoms with van der Waals surface area (Å²) in [6.07, 6.45) is 2.21. The Morgan fingerprint density at radius 1 is 1.23 bits per heavy atom. The van der Waals surface area contributed by atoms with Gasteiger partial charge < -0.3 is 10.5 Å². The molecule has 1 aromatic carbocycles. The van der Waals surface area contributed by atoms with Gasteiger partial charge in [-0.25, -0.2) is 4.98 Å². The predicted octanol–water partition coefficient (Wildman–Crippen LogP) is 1.87. The summed E-state index contributed by atoms with van der Waals surface area (Å²) in [5.74, 6) is 0.393. The fourth-order valence-corrected chi connectivity index (χ4v) is 5.12. The van der Waals surface area contributed by atoms with Crippen molar-refractivity contribution in [2.45, 2.75) is 18.9 Å². The number of amides is 1. The number of piperidine rings is 1. The van der Waals surface area contributed by atoms with Gasteiger partial charge in [-0.3, -0.25) is 14.6 Å². The van der Waals surface area contributed by atoms with E-state index < -0.39 is 6.04 Å². The van der Waals surface area contributed by atoms with Crippen LogP contribution in [0.1, 0.15) is 23.9 Å². The van der Waals surface area contributed by atoms with Crippen LogP contribution in [0.4, 0.5) is 0 Å². The van der Waals surface area contributed by atoms with Crippen LogP contribution >= 0.6 is 11.3 Å². The number of morpholine rings is 1. The molecule has 26 heavy (non-hydrogen) atoms. The number of nitrogens with two attached hydrogens (primary N) is 1. The Kier molecular flexibility index (Phi) is 5.49. The Hall–Kier alpha value is -1.54. The molecule has 1 aromatic heterocycles. The smallest absolute Gasteiger partial charge is 0.241 e. The fraction of sp³-hybridized carbons (Fsp3) is 0.579. The first-order valence-electron chi connectivity index (χ1n) is 9.39. The van der Waals surface area contributed by atoms with Crippen molar-refractivity contribution in [3.63, 3.8) is 0 Å². The van der Waals surface area contributed by atoms with Gasteiger partial charge in [0.2, 0.25) is 5.91 Å². The normalized spacial score (nSPS) is 21.8. The molecule has 2 saturated heterocycles. The molecule has 7 heteroatoms. The highest BCUT2D eigenvalue weighted by molar-refractivity contribution is 7.18. The Balaban J connectivity index is 1.41. The Morgan fingerprint density at radius 3 is 2.65 bits per heavy atom. The van der Waals surface area contributed by atoms with Crippen LogP contribution < -0.4 is 5.73 Å². The van der Waals surface area contributed by atoms with Gasteiger partial charge in [0, 0.05) is 19.6 Å². The molecule has 2 N–H and O–H groups in total. The number of carbonyl (C=O) groups excluding carboxylic acids is 1. The highest BCUT2D eigenvalue weighted by Crippen LogP contribution is 2.32. The molecule has 4 rings (SSSR count). The number of likely N-dealkylation sites (tertiary alicyclic amines) is 1. The molecule has 3 heterocycles. The summed E-state index contributed by atoms with van der Waals surface area (Å²) in [4.78, 5) is 21.6. The highest BCUT2D eigenvalue weighted by Gasteiger charge is 2.32. The van der Waals surface area contributed by atoms with Crippen molar-refractivity contribution in [1.82, 2.24) is 14.8 Å². The van der Waals surface area contributed by atoms with Crippen LogP contribution in [-0.4, -0.2) is 66.6 Å². The summed E-state index contributed by atoms with van der Waals surface area (Å²) in [5.41, 5.74) is 6.71. The molecule has 1 atom stereocenters. The first-order valence-corrected chi connectivity index (χ1v) is 10.2. The summed E-state index contributed by atoms with van der Waals surface area (Å²) < 4.78 is 6.54. The molecule has 6 nitrogen and oxygen atoms in total. The SMILES string of the molecule is NC(=O)C(c1nc2ccccc2s1)N1CCC(CN2CCOCC2)CC1. The molecule has 2 aromatic rings. The van der Waals surface area contributed by atoms with Crippen molar-refractivity contribution in [2.24, 2.45) is 11.7 Å². The molecular formula is C19H26N4O2S. The first-order chi connectivity index (χ1) is 12.7. The standard InChI is InChI=1S/C19H26N4O2S/c20-18(24)17(19-21-15-3-1-2-4-16(15)26-19)23-7-5-14(6-8-23)13-22-9-11-25-12-10-22/h1-4,14,17H,5-13H2,(H2,20,24). The summed E-state index contributed by atoms with van der Waals surface area (Å²) in [5, 5.41) is 0.824. The summed E-state index contributed by atoms with van der Waals surface area (Å²) in [6.45, 7) is 6.71. The van der Waals surface area contributed by atoms with E-state index in [0.717, 1.165) is 74.0 Å². The number of primary amides is 1. The molecule has 0 saturated carbocycles. The average molecular weight is 375 g/mol. The lowest BCUT2D eigenvalue weighted by Gasteiger charge is -2.38. The molecule has 0 radical (unpaired) electrons. The number of ether oxygens (including phenoxy) is 1.